The lowest BCUT2D eigenvalue weighted by molar-refractivity contribution is 0.0296. The van der Waals surface area contributed by atoms with Gasteiger partial charge < -0.3 is 5.32 Å². The first-order chi connectivity index (χ1) is 9.70. The minimum absolute atomic E-state index is 0.208. The Morgan fingerprint density at radius 2 is 1.50 bits per heavy atom. The second-order valence-electron chi connectivity index (χ2n) is 7.35. The number of nitrogens with one attached hydrogen (secondary N) is 1. The molecule has 1 nitrogen and oxygen atoms in total. The lowest BCUT2D eigenvalue weighted by Gasteiger charge is -2.50. The van der Waals surface area contributed by atoms with Gasteiger partial charge in [-0.2, -0.15) is 0 Å². The lowest BCUT2D eigenvalue weighted by atomic mass is 9.58. The van der Waals surface area contributed by atoms with E-state index in [0.29, 0.717) is 0 Å². The minimum Gasteiger partial charge on any atom is -0.317 e. The van der Waals surface area contributed by atoms with Crippen LogP contribution in [0.15, 0.2) is 0 Å². The molecule has 0 aromatic carbocycles. The third-order valence-corrected chi connectivity index (χ3v) is 7.60. The van der Waals surface area contributed by atoms with Crippen LogP contribution in [0.4, 0.5) is 0 Å². The average Bonchev–Trinajstić information content (AvgIpc) is 2.49. The summed E-state index contributed by atoms with van der Waals surface area (Å²) in [5.74, 6) is 3.65. The Morgan fingerprint density at radius 1 is 0.750 bits per heavy atom. The Hall–Kier alpha value is 0.540. The second kappa shape index (κ2) is 6.75. The van der Waals surface area contributed by atoms with Crippen LogP contribution in [0.3, 0.4) is 0 Å². The van der Waals surface area contributed by atoms with Gasteiger partial charge in [-0.15, -0.1) is 23.2 Å². The van der Waals surface area contributed by atoms with Crippen LogP contribution >= 0.6 is 23.2 Å². The fourth-order valence-corrected chi connectivity index (χ4v) is 6.04. The summed E-state index contributed by atoms with van der Waals surface area (Å²) >= 11 is 12.8. The molecule has 3 rings (SSSR count). The number of hydrogen-bond acceptors (Lipinski definition) is 1. The zero-order chi connectivity index (χ0) is 14.1. The summed E-state index contributed by atoms with van der Waals surface area (Å²) in [6.45, 7) is 0. The molecule has 3 aliphatic carbocycles. The third-order valence-electron chi connectivity index (χ3n) is 6.46. The molecule has 0 aromatic heterocycles. The third kappa shape index (κ3) is 3.01. The van der Waals surface area contributed by atoms with Gasteiger partial charge >= 0.3 is 0 Å². The fraction of sp³-hybridized carbons (Fsp3) is 1.00. The summed E-state index contributed by atoms with van der Waals surface area (Å²) in [5, 5.41) is 4.01. The van der Waals surface area contributed by atoms with Crippen LogP contribution < -0.4 is 5.32 Å². The van der Waals surface area contributed by atoms with Crippen molar-refractivity contribution in [2.24, 2.45) is 23.7 Å². The van der Waals surface area contributed by atoms with E-state index in [-0.39, 0.29) is 10.8 Å². The predicted molar refractivity (Wildman–Crippen MR) is 87.6 cm³/mol. The van der Waals surface area contributed by atoms with E-state index >= 15 is 0 Å². The zero-order valence-electron chi connectivity index (χ0n) is 12.7. The van der Waals surface area contributed by atoms with Gasteiger partial charge in [0.05, 0.1) is 5.38 Å². The van der Waals surface area contributed by atoms with E-state index in [2.05, 4.69) is 12.4 Å². The molecular formula is C17H29Cl2N. The molecule has 3 saturated carbocycles. The van der Waals surface area contributed by atoms with E-state index in [1.807, 2.05) is 0 Å². The van der Waals surface area contributed by atoms with Crippen molar-refractivity contribution in [2.75, 3.05) is 7.05 Å². The predicted octanol–water partition coefficient (Wildman–Crippen LogP) is 4.81. The van der Waals surface area contributed by atoms with E-state index in [0.717, 1.165) is 42.6 Å². The summed E-state index contributed by atoms with van der Waals surface area (Å²) in [5.41, 5.74) is 0. The second-order valence-corrected chi connectivity index (χ2v) is 8.47. The van der Waals surface area contributed by atoms with Gasteiger partial charge in [0.1, 0.15) is 0 Å². The van der Waals surface area contributed by atoms with Crippen LogP contribution in [0.5, 0.6) is 0 Å². The van der Waals surface area contributed by atoms with Crippen LogP contribution in [-0.2, 0) is 0 Å². The van der Waals surface area contributed by atoms with Crippen molar-refractivity contribution in [3.8, 4) is 0 Å². The van der Waals surface area contributed by atoms with Crippen molar-refractivity contribution in [3.63, 3.8) is 0 Å². The molecule has 20 heavy (non-hydrogen) atoms. The monoisotopic (exact) mass is 317 g/mol. The van der Waals surface area contributed by atoms with E-state index < -0.39 is 0 Å². The van der Waals surface area contributed by atoms with Crippen molar-refractivity contribution in [2.45, 2.75) is 74.6 Å². The highest BCUT2D eigenvalue weighted by Crippen LogP contribution is 2.50. The van der Waals surface area contributed by atoms with Crippen molar-refractivity contribution < 1.29 is 0 Å². The van der Waals surface area contributed by atoms with Crippen LogP contribution in [0.25, 0.3) is 0 Å². The molecule has 0 saturated heterocycles. The molecule has 0 aliphatic heterocycles. The molecule has 3 aliphatic rings. The number of fused-ring (bicyclic) bond motifs is 1. The topological polar surface area (TPSA) is 12.0 Å². The largest absolute Gasteiger partial charge is 0.317 e. The molecule has 3 fully saturated rings. The van der Waals surface area contributed by atoms with E-state index in [9.17, 15) is 0 Å². The van der Waals surface area contributed by atoms with Gasteiger partial charge in [-0.25, -0.2) is 0 Å². The standard InChI is InChI=1S/C17H29Cl2N/c1-20-17-9-7-12(13-4-2-3-5-14(13)17)11-6-8-15(18)16(19)10-11/h11-17,20H,2-10H2,1H3/t11?,12-,13?,14?,15?,16?,17-/m0/s1. The van der Waals surface area contributed by atoms with Gasteiger partial charge in [0.2, 0.25) is 0 Å². The Bertz CT molecular complexity index is 322. The molecule has 116 valence electrons. The maximum Gasteiger partial charge on any atom is 0.0502 e. The normalized spacial score (nSPS) is 49.6. The van der Waals surface area contributed by atoms with E-state index in [1.54, 1.807) is 0 Å². The summed E-state index contributed by atoms with van der Waals surface area (Å²) in [6, 6.07) is 0.771. The smallest absolute Gasteiger partial charge is 0.0502 e. The van der Waals surface area contributed by atoms with Gasteiger partial charge in [-0.1, -0.05) is 12.8 Å². The summed E-state index contributed by atoms with van der Waals surface area (Å²) in [7, 11) is 2.16. The fourth-order valence-electron chi connectivity index (χ4n) is 5.46. The van der Waals surface area contributed by atoms with Crippen LogP contribution in [-0.4, -0.2) is 23.8 Å². The first kappa shape index (κ1) is 15.4. The van der Waals surface area contributed by atoms with Crippen LogP contribution in [0.2, 0.25) is 0 Å². The Kier molecular flexibility index (Phi) is 5.21. The average molecular weight is 318 g/mol. The van der Waals surface area contributed by atoms with Gasteiger partial charge in [0.15, 0.2) is 0 Å². The number of rotatable bonds is 2. The zero-order valence-corrected chi connectivity index (χ0v) is 14.2. The van der Waals surface area contributed by atoms with Crippen molar-refractivity contribution in [1.82, 2.24) is 5.32 Å². The first-order valence-electron chi connectivity index (χ1n) is 8.66. The molecule has 0 amide bonds. The number of hydrogen-bond donors (Lipinski definition) is 1. The van der Waals surface area contributed by atoms with Gasteiger partial charge in [0.25, 0.3) is 0 Å². The molecule has 3 heteroatoms. The molecule has 7 atom stereocenters. The van der Waals surface area contributed by atoms with E-state index in [4.69, 9.17) is 23.2 Å². The Labute approximate surface area is 134 Å². The first-order valence-corrected chi connectivity index (χ1v) is 9.53. The quantitative estimate of drug-likeness (QED) is 0.721. The summed E-state index contributed by atoms with van der Waals surface area (Å²) < 4.78 is 0. The highest BCUT2D eigenvalue weighted by Gasteiger charge is 2.44. The number of alkyl halides is 2. The minimum atomic E-state index is 0.208. The Morgan fingerprint density at radius 3 is 2.20 bits per heavy atom. The summed E-state index contributed by atoms with van der Waals surface area (Å²) in [6.07, 6.45) is 12.2. The summed E-state index contributed by atoms with van der Waals surface area (Å²) in [4.78, 5) is 0. The molecular weight excluding hydrogens is 289 g/mol. The highest BCUT2D eigenvalue weighted by atomic mass is 35.5. The van der Waals surface area contributed by atoms with Crippen LogP contribution in [0.1, 0.15) is 57.8 Å². The molecule has 0 bridgehead atoms. The van der Waals surface area contributed by atoms with Crippen LogP contribution in [0, 0.1) is 23.7 Å². The van der Waals surface area contributed by atoms with Crippen molar-refractivity contribution >= 4 is 23.2 Å². The van der Waals surface area contributed by atoms with E-state index in [1.165, 1.54) is 44.9 Å². The maximum atomic E-state index is 6.47. The van der Waals surface area contributed by atoms with Crippen molar-refractivity contribution in [1.29, 1.82) is 0 Å². The maximum absolute atomic E-state index is 6.47. The molecule has 1 N–H and O–H groups in total. The lowest BCUT2D eigenvalue weighted by Crippen LogP contribution is -2.48. The molecule has 0 heterocycles. The van der Waals surface area contributed by atoms with Gasteiger partial charge in [-0.3, -0.25) is 0 Å². The highest BCUT2D eigenvalue weighted by molar-refractivity contribution is 6.30. The molecule has 0 spiro atoms. The molecule has 0 aromatic rings. The number of halogens is 2. The van der Waals surface area contributed by atoms with Crippen molar-refractivity contribution in [3.05, 3.63) is 0 Å². The Balaban J connectivity index is 1.70. The molecule has 5 unspecified atom stereocenters. The van der Waals surface area contributed by atoms with Gasteiger partial charge in [-0.05, 0) is 75.7 Å². The SMILES string of the molecule is CN[C@H]1CC[C@@H](C2CCC(Cl)C(Cl)C2)C2CCCCC21. The molecule has 0 radical (unpaired) electrons. The van der Waals surface area contributed by atoms with Gasteiger partial charge in [0, 0.05) is 11.4 Å².